The van der Waals surface area contributed by atoms with Crippen molar-refractivity contribution in [1.29, 1.82) is 0 Å². The average molecular weight is 367 g/mol. The van der Waals surface area contributed by atoms with E-state index in [1.807, 2.05) is 19.1 Å². The minimum atomic E-state index is -0.867. The van der Waals surface area contributed by atoms with Crippen LogP contribution in [0.1, 0.15) is 12.5 Å². The fraction of sp³-hybridized carbons (Fsp3) is 0.364. The fourth-order valence-corrected chi connectivity index (χ4v) is 2.82. The zero-order chi connectivity index (χ0) is 12.8. The smallest absolute Gasteiger partial charge is 0.317 e. The zero-order valence-corrected chi connectivity index (χ0v) is 12.5. The molecule has 0 aliphatic heterocycles. The number of halogens is 2. The molecule has 0 amide bonds. The lowest BCUT2D eigenvalue weighted by molar-refractivity contribution is -0.135. The quantitative estimate of drug-likeness (QED) is 0.812. The molecule has 0 spiro atoms. The summed E-state index contributed by atoms with van der Waals surface area (Å²) < 4.78 is 7.15. The van der Waals surface area contributed by atoms with Crippen LogP contribution in [0.3, 0.4) is 0 Å². The highest BCUT2D eigenvalue weighted by molar-refractivity contribution is 9.11. The van der Waals surface area contributed by atoms with E-state index in [0.29, 0.717) is 13.2 Å². The molecule has 0 radical (unpaired) electrons. The lowest BCUT2D eigenvalue weighted by atomic mass is 10.2. The Kier molecular flexibility index (Phi) is 5.94. The molecule has 0 fully saturated rings. The molecule has 0 aliphatic rings. The number of carbonyl (C=O) groups is 1. The second-order valence-corrected chi connectivity index (χ2v) is 5.03. The number of hydrogen-bond donors (Lipinski definition) is 2. The zero-order valence-electron chi connectivity index (χ0n) is 9.30. The lowest BCUT2D eigenvalue weighted by Crippen LogP contribution is -2.21. The largest absolute Gasteiger partial charge is 0.492 e. The van der Waals surface area contributed by atoms with Gasteiger partial charge in [-0.1, -0.05) is 0 Å². The molecule has 1 aromatic rings. The Morgan fingerprint density at radius 2 is 2.00 bits per heavy atom. The SMILES string of the molecule is CCOc1c(Br)cc(CNCC(=O)O)cc1Br. The predicted octanol–water partition coefficient (Wildman–Crippen LogP) is 2.78. The van der Waals surface area contributed by atoms with E-state index >= 15 is 0 Å². The maximum absolute atomic E-state index is 10.4. The fourth-order valence-electron chi connectivity index (χ4n) is 1.31. The summed E-state index contributed by atoms with van der Waals surface area (Å²) in [6.45, 7) is 2.95. The molecule has 0 atom stereocenters. The Bertz CT molecular complexity index is 387. The van der Waals surface area contributed by atoms with E-state index < -0.39 is 5.97 Å². The normalized spacial score (nSPS) is 10.3. The van der Waals surface area contributed by atoms with Crippen LogP contribution in [0, 0.1) is 0 Å². The van der Waals surface area contributed by atoms with Crippen LogP contribution in [0.5, 0.6) is 5.75 Å². The van der Waals surface area contributed by atoms with Gasteiger partial charge >= 0.3 is 5.97 Å². The van der Waals surface area contributed by atoms with Crippen molar-refractivity contribution in [1.82, 2.24) is 5.32 Å². The van der Waals surface area contributed by atoms with Gasteiger partial charge in [-0.15, -0.1) is 0 Å². The first kappa shape index (κ1) is 14.5. The summed E-state index contributed by atoms with van der Waals surface area (Å²) in [6, 6.07) is 3.81. The molecule has 0 aromatic heterocycles. The van der Waals surface area contributed by atoms with Gasteiger partial charge in [0, 0.05) is 6.54 Å². The van der Waals surface area contributed by atoms with Gasteiger partial charge in [-0.2, -0.15) is 0 Å². The summed E-state index contributed by atoms with van der Waals surface area (Å²) in [6.07, 6.45) is 0. The number of rotatable bonds is 6. The third-order valence-electron chi connectivity index (χ3n) is 1.95. The summed E-state index contributed by atoms with van der Waals surface area (Å²) in [7, 11) is 0. The van der Waals surface area contributed by atoms with Crippen molar-refractivity contribution >= 4 is 37.8 Å². The molecular weight excluding hydrogens is 354 g/mol. The summed E-state index contributed by atoms with van der Waals surface area (Å²) >= 11 is 6.84. The van der Waals surface area contributed by atoms with E-state index in [-0.39, 0.29) is 6.54 Å². The van der Waals surface area contributed by atoms with Crippen LogP contribution in [0.2, 0.25) is 0 Å². The van der Waals surface area contributed by atoms with Crippen LogP contribution >= 0.6 is 31.9 Å². The van der Waals surface area contributed by atoms with Crippen LogP contribution in [-0.2, 0) is 11.3 Å². The van der Waals surface area contributed by atoms with Crippen LogP contribution < -0.4 is 10.1 Å². The number of benzene rings is 1. The second-order valence-electron chi connectivity index (χ2n) is 3.32. The minimum Gasteiger partial charge on any atom is -0.492 e. The van der Waals surface area contributed by atoms with Crippen molar-refractivity contribution in [3.63, 3.8) is 0 Å². The number of nitrogens with one attached hydrogen (secondary N) is 1. The minimum absolute atomic E-state index is 0.0531. The van der Waals surface area contributed by atoms with Crippen molar-refractivity contribution in [2.24, 2.45) is 0 Å². The number of carboxylic acids is 1. The first-order chi connectivity index (χ1) is 8.04. The molecule has 1 rings (SSSR count). The van der Waals surface area contributed by atoms with Gasteiger partial charge in [0.25, 0.3) is 0 Å². The Morgan fingerprint density at radius 1 is 1.41 bits per heavy atom. The summed E-state index contributed by atoms with van der Waals surface area (Å²) in [5, 5.41) is 11.3. The van der Waals surface area contributed by atoms with Crippen LogP contribution in [0.4, 0.5) is 0 Å². The Hall–Kier alpha value is -0.590. The molecule has 0 saturated heterocycles. The van der Waals surface area contributed by atoms with E-state index in [1.165, 1.54) is 0 Å². The van der Waals surface area contributed by atoms with Crippen molar-refractivity contribution < 1.29 is 14.6 Å². The molecule has 2 N–H and O–H groups in total. The van der Waals surface area contributed by atoms with E-state index in [4.69, 9.17) is 9.84 Å². The number of ether oxygens (including phenoxy) is 1. The van der Waals surface area contributed by atoms with Gasteiger partial charge in [-0.05, 0) is 56.5 Å². The Balaban J connectivity index is 2.72. The summed E-state index contributed by atoms with van der Waals surface area (Å²) in [5.41, 5.74) is 0.980. The highest BCUT2D eigenvalue weighted by Crippen LogP contribution is 2.34. The number of aliphatic carboxylic acids is 1. The number of hydrogen-bond acceptors (Lipinski definition) is 3. The van der Waals surface area contributed by atoms with Gasteiger partial charge < -0.3 is 15.2 Å². The molecule has 0 saturated carbocycles. The van der Waals surface area contributed by atoms with Gasteiger partial charge in [-0.25, -0.2) is 0 Å². The third-order valence-corrected chi connectivity index (χ3v) is 3.13. The third kappa shape index (κ3) is 4.65. The monoisotopic (exact) mass is 365 g/mol. The van der Waals surface area contributed by atoms with Gasteiger partial charge in [-0.3, -0.25) is 4.79 Å². The van der Waals surface area contributed by atoms with Crippen LogP contribution in [0.15, 0.2) is 21.1 Å². The van der Waals surface area contributed by atoms with Crippen molar-refractivity contribution in [3.8, 4) is 5.75 Å². The van der Waals surface area contributed by atoms with Crippen molar-refractivity contribution in [2.45, 2.75) is 13.5 Å². The number of carboxylic acid groups (broad SMARTS) is 1. The molecule has 0 heterocycles. The van der Waals surface area contributed by atoms with E-state index in [9.17, 15) is 4.79 Å². The highest BCUT2D eigenvalue weighted by atomic mass is 79.9. The molecule has 17 heavy (non-hydrogen) atoms. The molecule has 0 unspecified atom stereocenters. The van der Waals surface area contributed by atoms with E-state index in [1.54, 1.807) is 0 Å². The maximum Gasteiger partial charge on any atom is 0.317 e. The van der Waals surface area contributed by atoms with Crippen molar-refractivity contribution in [2.75, 3.05) is 13.2 Å². The van der Waals surface area contributed by atoms with E-state index in [2.05, 4.69) is 37.2 Å². The topological polar surface area (TPSA) is 58.6 Å². The first-order valence-electron chi connectivity index (χ1n) is 5.07. The van der Waals surface area contributed by atoms with Gasteiger partial charge in [0.1, 0.15) is 5.75 Å². The first-order valence-corrected chi connectivity index (χ1v) is 6.66. The molecule has 4 nitrogen and oxygen atoms in total. The molecular formula is C11H13Br2NO3. The molecule has 0 bridgehead atoms. The van der Waals surface area contributed by atoms with Crippen LogP contribution in [0.25, 0.3) is 0 Å². The standard InChI is InChI=1S/C11H13Br2NO3/c1-2-17-11-8(12)3-7(4-9(11)13)5-14-6-10(15)16/h3-4,14H,2,5-6H2,1H3,(H,15,16). The molecule has 6 heteroatoms. The van der Waals surface area contributed by atoms with Crippen LogP contribution in [-0.4, -0.2) is 24.2 Å². The summed E-state index contributed by atoms with van der Waals surface area (Å²) in [4.78, 5) is 10.4. The van der Waals surface area contributed by atoms with Gasteiger partial charge in [0.05, 0.1) is 22.1 Å². The molecule has 94 valence electrons. The average Bonchev–Trinajstić information content (AvgIpc) is 2.23. The Labute approximate surface area is 117 Å². The molecule has 0 aliphatic carbocycles. The van der Waals surface area contributed by atoms with Gasteiger partial charge in [0.15, 0.2) is 0 Å². The van der Waals surface area contributed by atoms with Crippen molar-refractivity contribution in [3.05, 3.63) is 26.6 Å². The second kappa shape index (κ2) is 6.98. The Morgan fingerprint density at radius 3 is 2.47 bits per heavy atom. The lowest BCUT2D eigenvalue weighted by Gasteiger charge is -2.11. The predicted molar refractivity (Wildman–Crippen MR) is 72.4 cm³/mol. The molecule has 1 aromatic carbocycles. The van der Waals surface area contributed by atoms with Gasteiger partial charge in [0.2, 0.25) is 0 Å². The maximum atomic E-state index is 10.4. The highest BCUT2D eigenvalue weighted by Gasteiger charge is 2.08. The van der Waals surface area contributed by atoms with E-state index in [0.717, 1.165) is 20.3 Å². The summed E-state index contributed by atoms with van der Waals surface area (Å²) in [5.74, 6) is -0.108.